The SMILES string of the molecule is O=C1CCCN1c1ccc(-c2cncc(-c3coc4ncc(CCO)cc34)c2)cc1. The number of hydrogen-bond acceptors (Lipinski definition) is 5. The Balaban J connectivity index is 1.48. The van der Waals surface area contributed by atoms with Crippen molar-refractivity contribution in [3.63, 3.8) is 0 Å². The van der Waals surface area contributed by atoms with E-state index in [9.17, 15) is 9.90 Å². The smallest absolute Gasteiger partial charge is 0.227 e. The zero-order valence-electron chi connectivity index (χ0n) is 16.4. The van der Waals surface area contributed by atoms with Crippen LogP contribution in [0.15, 0.2) is 65.7 Å². The molecule has 1 amide bonds. The van der Waals surface area contributed by atoms with Gasteiger partial charge in [-0.1, -0.05) is 12.1 Å². The van der Waals surface area contributed by atoms with Gasteiger partial charge in [0.1, 0.15) is 6.26 Å². The minimum atomic E-state index is 0.0798. The van der Waals surface area contributed by atoms with Crippen LogP contribution in [0.5, 0.6) is 0 Å². The molecule has 5 rings (SSSR count). The average Bonchev–Trinajstić information content (AvgIpc) is 3.40. The lowest BCUT2D eigenvalue weighted by atomic mass is 10.0. The minimum absolute atomic E-state index is 0.0798. The van der Waals surface area contributed by atoms with Gasteiger partial charge in [0, 0.05) is 65.9 Å². The highest BCUT2D eigenvalue weighted by Crippen LogP contribution is 2.33. The van der Waals surface area contributed by atoms with Crippen LogP contribution in [0.3, 0.4) is 0 Å². The molecule has 6 nitrogen and oxygen atoms in total. The number of aliphatic hydroxyl groups is 1. The number of fused-ring (bicyclic) bond motifs is 1. The number of aliphatic hydroxyl groups excluding tert-OH is 1. The van der Waals surface area contributed by atoms with E-state index in [4.69, 9.17) is 4.42 Å². The Morgan fingerprint density at radius 3 is 2.63 bits per heavy atom. The van der Waals surface area contributed by atoms with Crippen molar-refractivity contribution in [1.29, 1.82) is 0 Å². The molecule has 150 valence electrons. The van der Waals surface area contributed by atoms with Gasteiger partial charge in [-0.15, -0.1) is 0 Å². The van der Waals surface area contributed by atoms with E-state index in [1.807, 2.05) is 47.6 Å². The van der Waals surface area contributed by atoms with Crippen LogP contribution in [0.25, 0.3) is 33.4 Å². The highest BCUT2D eigenvalue weighted by molar-refractivity contribution is 5.96. The zero-order valence-corrected chi connectivity index (χ0v) is 16.4. The number of nitrogens with zero attached hydrogens (tertiary/aromatic N) is 3. The lowest BCUT2D eigenvalue weighted by Gasteiger charge is -2.16. The van der Waals surface area contributed by atoms with Gasteiger partial charge in [-0.2, -0.15) is 0 Å². The van der Waals surface area contributed by atoms with Crippen LogP contribution in [-0.2, 0) is 11.2 Å². The lowest BCUT2D eigenvalue weighted by molar-refractivity contribution is -0.117. The summed E-state index contributed by atoms with van der Waals surface area (Å²) in [6, 6.07) is 12.1. The molecule has 4 aromatic rings. The Hall–Kier alpha value is -3.51. The number of rotatable bonds is 5. The predicted octanol–water partition coefficient (Wildman–Crippen LogP) is 4.22. The average molecular weight is 399 g/mol. The second kappa shape index (κ2) is 7.72. The summed E-state index contributed by atoms with van der Waals surface area (Å²) in [5.41, 5.74) is 6.35. The Bertz CT molecular complexity index is 1210. The van der Waals surface area contributed by atoms with Crippen LogP contribution in [-0.4, -0.2) is 34.1 Å². The van der Waals surface area contributed by atoms with Gasteiger partial charge in [-0.3, -0.25) is 9.78 Å². The standard InChI is InChI=1S/C24H21N3O3/c28-9-7-16-10-21-22(15-30-24(21)26-12-16)19-11-18(13-25-14-19)17-3-5-20(6-4-17)27-8-1-2-23(27)29/h3-6,10-15,28H,1-2,7-9H2. The first-order chi connectivity index (χ1) is 14.7. The van der Waals surface area contributed by atoms with E-state index in [2.05, 4.69) is 16.0 Å². The van der Waals surface area contributed by atoms with Crippen LogP contribution in [0.1, 0.15) is 18.4 Å². The Labute approximate surface area is 173 Å². The molecule has 1 aliphatic rings. The van der Waals surface area contributed by atoms with Crippen LogP contribution >= 0.6 is 0 Å². The third-order valence-electron chi connectivity index (χ3n) is 5.52. The predicted molar refractivity (Wildman–Crippen MR) is 115 cm³/mol. The van der Waals surface area contributed by atoms with Crippen LogP contribution in [0.4, 0.5) is 5.69 Å². The van der Waals surface area contributed by atoms with Crippen molar-refractivity contribution in [3.05, 3.63) is 66.8 Å². The van der Waals surface area contributed by atoms with Gasteiger partial charge in [0.2, 0.25) is 11.6 Å². The number of anilines is 1. The number of carbonyl (C=O) groups is 1. The first-order valence-electron chi connectivity index (χ1n) is 10.1. The fourth-order valence-corrected chi connectivity index (χ4v) is 3.95. The molecule has 4 heterocycles. The molecule has 0 aliphatic carbocycles. The summed E-state index contributed by atoms with van der Waals surface area (Å²) in [5.74, 6) is 0.187. The molecule has 1 aliphatic heterocycles. The Morgan fingerprint density at radius 2 is 1.87 bits per heavy atom. The number of amides is 1. The number of furan rings is 1. The Kier molecular flexibility index (Phi) is 4.77. The van der Waals surface area contributed by atoms with Gasteiger partial charge in [0.15, 0.2) is 0 Å². The van der Waals surface area contributed by atoms with Crippen molar-refractivity contribution < 1.29 is 14.3 Å². The van der Waals surface area contributed by atoms with Crippen LogP contribution < -0.4 is 4.90 Å². The van der Waals surface area contributed by atoms with E-state index in [0.29, 0.717) is 18.6 Å². The minimum Gasteiger partial charge on any atom is -0.445 e. The number of aromatic nitrogens is 2. The summed E-state index contributed by atoms with van der Waals surface area (Å²) in [6.45, 7) is 0.867. The fraction of sp³-hybridized carbons (Fsp3) is 0.208. The van der Waals surface area contributed by atoms with Crippen molar-refractivity contribution >= 4 is 22.7 Å². The monoisotopic (exact) mass is 399 g/mol. The topological polar surface area (TPSA) is 79.5 Å². The van der Waals surface area contributed by atoms with Gasteiger partial charge >= 0.3 is 0 Å². The normalized spacial score (nSPS) is 14.0. The molecule has 6 heteroatoms. The van der Waals surface area contributed by atoms with E-state index in [-0.39, 0.29) is 12.5 Å². The van der Waals surface area contributed by atoms with Gasteiger partial charge < -0.3 is 14.4 Å². The Morgan fingerprint density at radius 1 is 1.03 bits per heavy atom. The van der Waals surface area contributed by atoms with Gasteiger partial charge in [0.25, 0.3) is 0 Å². The maximum Gasteiger partial charge on any atom is 0.227 e. The van der Waals surface area contributed by atoms with Crippen molar-refractivity contribution in [1.82, 2.24) is 9.97 Å². The second-order valence-corrected chi connectivity index (χ2v) is 7.48. The third kappa shape index (κ3) is 3.35. The molecule has 0 radical (unpaired) electrons. The van der Waals surface area contributed by atoms with Crippen molar-refractivity contribution in [2.75, 3.05) is 18.1 Å². The molecular weight excluding hydrogens is 378 g/mol. The molecule has 3 aromatic heterocycles. The third-order valence-corrected chi connectivity index (χ3v) is 5.52. The number of hydrogen-bond donors (Lipinski definition) is 1. The summed E-state index contributed by atoms with van der Waals surface area (Å²) in [7, 11) is 0. The second-order valence-electron chi connectivity index (χ2n) is 7.48. The molecule has 0 unspecified atom stereocenters. The summed E-state index contributed by atoms with van der Waals surface area (Å²) >= 11 is 0. The van der Waals surface area contributed by atoms with Gasteiger partial charge in [-0.25, -0.2) is 4.98 Å². The van der Waals surface area contributed by atoms with Gasteiger partial charge in [0.05, 0.1) is 0 Å². The maximum absolute atomic E-state index is 12.0. The van der Waals surface area contributed by atoms with Gasteiger partial charge in [-0.05, 0) is 48.2 Å². The van der Waals surface area contributed by atoms with E-state index in [1.54, 1.807) is 12.5 Å². The van der Waals surface area contributed by atoms with Crippen molar-refractivity contribution in [3.8, 4) is 22.3 Å². The maximum atomic E-state index is 12.0. The van der Waals surface area contributed by atoms with Crippen LogP contribution in [0.2, 0.25) is 0 Å². The van der Waals surface area contributed by atoms with Crippen molar-refractivity contribution in [2.24, 2.45) is 0 Å². The van der Waals surface area contributed by atoms with Crippen LogP contribution in [0, 0.1) is 0 Å². The number of benzene rings is 1. The summed E-state index contributed by atoms with van der Waals surface area (Å²) in [6.07, 6.45) is 9.16. The zero-order chi connectivity index (χ0) is 20.5. The molecule has 0 atom stereocenters. The van der Waals surface area contributed by atoms with E-state index >= 15 is 0 Å². The highest BCUT2D eigenvalue weighted by Gasteiger charge is 2.21. The number of carbonyl (C=O) groups excluding carboxylic acids is 1. The molecule has 30 heavy (non-hydrogen) atoms. The summed E-state index contributed by atoms with van der Waals surface area (Å²) in [5, 5.41) is 10.1. The molecule has 1 fully saturated rings. The molecular formula is C24H21N3O3. The molecule has 0 bridgehead atoms. The largest absolute Gasteiger partial charge is 0.445 e. The molecule has 1 aromatic carbocycles. The van der Waals surface area contributed by atoms with E-state index in [0.717, 1.165) is 51.9 Å². The van der Waals surface area contributed by atoms with Crippen molar-refractivity contribution in [2.45, 2.75) is 19.3 Å². The first kappa shape index (κ1) is 18.5. The highest BCUT2D eigenvalue weighted by atomic mass is 16.3. The summed E-state index contributed by atoms with van der Waals surface area (Å²) in [4.78, 5) is 22.6. The number of pyridine rings is 2. The molecule has 1 saturated heterocycles. The summed E-state index contributed by atoms with van der Waals surface area (Å²) < 4.78 is 5.63. The lowest BCUT2D eigenvalue weighted by Crippen LogP contribution is -2.23. The fourth-order valence-electron chi connectivity index (χ4n) is 3.95. The first-order valence-corrected chi connectivity index (χ1v) is 10.1. The molecule has 1 N–H and O–H groups in total. The van der Waals surface area contributed by atoms with E-state index < -0.39 is 0 Å². The molecule has 0 saturated carbocycles. The molecule has 0 spiro atoms. The quantitative estimate of drug-likeness (QED) is 0.544. The van der Waals surface area contributed by atoms with E-state index in [1.165, 1.54) is 0 Å².